The Morgan fingerprint density at radius 1 is 1.44 bits per heavy atom. The van der Waals surface area contributed by atoms with E-state index >= 15 is 0 Å². The average Bonchev–Trinajstić information content (AvgIpc) is 2.38. The summed E-state index contributed by atoms with van der Waals surface area (Å²) >= 11 is 0. The molecule has 2 fully saturated rings. The van der Waals surface area contributed by atoms with Gasteiger partial charge in [-0.05, 0) is 19.8 Å². The predicted octanol–water partition coefficient (Wildman–Crippen LogP) is 0.424. The molecule has 2 heterocycles. The fourth-order valence-electron chi connectivity index (χ4n) is 2.33. The van der Waals surface area contributed by atoms with Crippen molar-refractivity contribution in [3.05, 3.63) is 0 Å². The number of carbonyl (C=O) groups excluding carboxylic acids is 1. The molecule has 0 aromatic carbocycles. The van der Waals surface area contributed by atoms with Gasteiger partial charge in [0.1, 0.15) is 6.61 Å². The fourth-order valence-corrected chi connectivity index (χ4v) is 2.33. The Morgan fingerprint density at radius 3 is 2.83 bits per heavy atom. The lowest BCUT2D eigenvalue weighted by Crippen LogP contribution is -2.53. The Kier molecular flexibility index (Phi) is 6.92. The molecule has 18 heavy (non-hydrogen) atoms. The highest BCUT2D eigenvalue weighted by atomic mass is 35.5. The van der Waals surface area contributed by atoms with Crippen molar-refractivity contribution in [2.45, 2.75) is 31.9 Å². The molecule has 1 amide bonds. The van der Waals surface area contributed by atoms with Crippen molar-refractivity contribution in [3.63, 3.8) is 0 Å². The molecule has 0 unspecified atom stereocenters. The first kappa shape index (κ1) is 15.7. The average molecular weight is 279 g/mol. The maximum Gasteiger partial charge on any atom is 0.248 e. The quantitative estimate of drug-likeness (QED) is 0.813. The highest BCUT2D eigenvalue weighted by Crippen LogP contribution is 2.11. The van der Waals surface area contributed by atoms with Crippen LogP contribution in [0.1, 0.15) is 19.8 Å². The number of halogens is 1. The molecular formula is C12H23ClN2O3. The Labute approximate surface area is 115 Å². The van der Waals surface area contributed by atoms with E-state index in [0.717, 1.165) is 45.7 Å². The molecule has 0 aliphatic carbocycles. The summed E-state index contributed by atoms with van der Waals surface area (Å²) in [7, 11) is 0. The van der Waals surface area contributed by atoms with Crippen LogP contribution in [0.2, 0.25) is 0 Å². The fraction of sp³-hybridized carbons (Fsp3) is 0.917. The summed E-state index contributed by atoms with van der Waals surface area (Å²) in [5, 5.41) is 3.27. The van der Waals surface area contributed by atoms with Crippen LogP contribution in [-0.4, -0.2) is 62.4 Å². The number of hydrogen-bond donors (Lipinski definition) is 1. The van der Waals surface area contributed by atoms with Gasteiger partial charge < -0.3 is 19.7 Å². The number of carbonyl (C=O) groups is 1. The minimum Gasteiger partial charge on any atom is -0.381 e. The van der Waals surface area contributed by atoms with E-state index < -0.39 is 0 Å². The molecule has 0 saturated carbocycles. The molecule has 0 aromatic rings. The number of nitrogens with zero attached hydrogens (tertiary/aromatic N) is 1. The summed E-state index contributed by atoms with van der Waals surface area (Å²) in [6.07, 6.45) is 2.01. The third-order valence-corrected chi connectivity index (χ3v) is 3.43. The van der Waals surface area contributed by atoms with Gasteiger partial charge in [-0.1, -0.05) is 0 Å². The highest BCUT2D eigenvalue weighted by Gasteiger charge is 2.24. The van der Waals surface area contributed by atoms with Gasteiger partial charge in [-0.15, -0.1) is 12.4 Å². The van der Waals surface area contributed by atoms with E-state index in [2.05, 4.69) is 12.2 Å². The maximum atomic E-state index is 12.0. The van der Waals surface area contributed by atoms with Gasteiger partial charge in [-0.2, -0.15) is 0 Å². The van der Waals surface area contributed by atoms with E-state index in [4.69, 9.17) is 9.47 Å². The lowest BCUT2D eigenvalue weighted by atomic mass is 10.1. The number of piperazine rings is 1. The Morgan fingerprint density at radius 2 is 2.17 bits per heavy atom. The number of rotatable bonds is 3. The van der Waals surface area contributed by atoms with Crippen LogP contribution >= 0.6 is 12.4 Å². The lowest BCUT2D eigenvalue weighted by molar-refractivity contribution is -0.143. The third kappa shape index (κ3) is 4.39. The molecular weight excluding hydrogens is 256 g/mol. The van der Waals surface area contributed by atoms with E-state index in [1.165, 1.54) is 0 Å². The largest absolute Gasteiger partial charge is 0.381 e. The van der Waals surface area contributed by atoms with Crippen molar-refractivity contribution in [2.75, 3.05) is 39.5 Å². The smallest absolute Gasteiger partial charge is 0.248 e. The highest BCUT2D eigenvalue weighted by molar-refractivity contribution is 5.85. The number of hydrogen-bond acceptors (Lipinski definition) is 4. The van der Waals surface area contributed by atoms with Gasteiger partial charge in [0, 0.05) is 38.9 Å². The van der Waals surface area contributed by atoms with Crippen molar-refractivity contribution >= 4 is 18.3 Å². The predicted molar refractivity (Wildman–Crippen MR) is 71.1 cm³/mol. The van der Waals surface area contributed by atoms with Crippen molar-refractivity contribution in [2.24, 2.45) is 0 Å². The first-order valence-electron chi connectivity index (χ1n) is 6.47. The maximum absolute atomic E-state index is 12.0. The minimum atomic E-state index is 0. The van der Waals surface area contributed by atoms with Crippen LogP contribution in [0.3, 0.4) is 0 Å². The van der Waals surface area contributed by atoms with Crippen molar-refractivity contribution in [1.29, 1.82) is 0 Å². The summed E-state index contributed by atoms with van der Waals surface area (Å²) in [6.45, 7) is 6.34. The van der Waals surface area contributed by atoms with Gasteiger partial charge in [0.05, 0.1) is 6.10 Å². The molecule has 6 heteroatoms. The van der Waals surface area contributed by atoms with E-state index in [9.17, 15) is 4.79 Å². The van der Waals surface area contributed by atoms with Crippen LogP contribution in [0, 0.1) is 0 Å². The normalized spacial score (nSPS) is 25.6. The van der Waals surface area contributed by atoms with Gasteiger partial charge in [-0.3, -0.25) is 4.79 Å². The zero-order valence-electron chi connectivity index (χ0n) is 10.9. The standard InChI is InChI=1S/C12H22N2O3.ClH/c1-10-8-13-4-5-14(10)12(15)9-17-11-2-6-16-7-3-11;/h10-11,13H,2-9H2,1H3;1H/t10-;/m1./s1. The number of nitrogens with one attached hydrogen (secondary N) is 1. The molecule has 2 rings (SSSR count). The molecule has 2 saturated heterocycles. The molecule has 0 bridgehead atoms. The molecule has 0 aromatic heterocycles. The van der Waals surface area contributed by atoms with E-state index in [-0.39, 0.29) is 37.1 Å². The van der Waals surface area contributed by atoms with Gasteiger partial charge in [0.25, 0.3) is 0 Å². The summed E-state index contributed by atoms with van der Waals surface area (Å²) in [5.74, 6) is 0.116. The van der Waals surface area contributed by atoms with E-state index in [1.807, 2.05) is 4.90 Å². The zero-order chi connectivity index (χ0) is 12.1. The first-order chi connectivity index (χ1) is 8.27. The summed E-state index contributed by atoms with van der Waals surface area (Å²) in [4.78, 5) is 13.9. The summed E-state index contributed by atoms with van der Waals surface area (Å²) in [6, 6.07) is 0.273. The summed E-state index contributed by atoms with van der Waals surface area (Å²) in [5.41, 5.74) is 0. The second kappa shape index (κ2) is 7.94. The first-order valence-corrected chi connectivity index (χ1v) is 6.47. The molecule has 106 valence electrons. The van der Waals surface area contributed by atoms with E-state index in [0.29, 0.717) is 0 Å². The Balaban J connectivity index is 0.00000162. The minimum absolute atomic E-state index is 0. The Bertz CT molecular complexity index is 260. The van der Waals surface area contributed by atoms with E-state index in [1.54, 1.807) is 0 Å². The molecule has 2 aliphatic rings. The Hall–Kier alpha value is -0.360. The van der Waals surface area contributed by atoms with Gasteiger partial charge >= 0.3 is 0 Å². The topological polar surface area (TPSA) is 50.8 Å². The molecule has 5 nitrogen and oxygen atoms in total. The van der Waals surface area contributed by atoms with Crippen LogP contribution in [0.5, 0.6) is 0 Å². The molecule has 2 aliphatic heterocycles. The zero-order valence-corrected chi connectivity index (χ0v) is 11.7. The van der Waals surface area contributed by atoms with Crippen molar-refractivity contribution in [3.8, 4) is 0 Å². The second-order valence-electron chi connectivity index (χ2n) is 4.76. The number of ether oxygens (including phenoxy) is 2. The summed E-state index contributed by atoms with van der Waals surface area (Å²) < 4.78 is 10.9. The van der Waals surface area contributed by atoms with Gasteiger partial charge in [-0.25, -0.2) is 0 Å². The van der Waals surface area contributed by atoms with Crippen LogP contribution in [0.4, 0.5) is 0 Å². The lowest BCUT2D eigenvalue weighted by Gasteiger charge is -2.34. The molecule has 0 radical (unpaired) electrons. The second-order valence-corrected chi connectivity index (χ2v) is 4.76. The molecule has 1 N–H and O–H groups in total. The van der Waals surface area contributed by atoms with Crippen LogP contribution in [0.15, 0.2) is 0 Å². The number of amides is 1. The van der Waals surface area contributed by atoms with Crippen molar-refractivity contribution in [1.82, 2.24) is 10.2 Å². The van der Waals surface area contributed by atoms with Gasteiger partial charge in [0.2, 0.25) is 5.91 Å². The van der Waals surface area contributed by atoms with Crippen LogP contribution in [-0.2, 0) is 14.3 Å². The monoisotopic (exact) mass is 278 g/mol. The van der Waals surface area contributed by atoms with Crippen LogP contribution < -0.4 is 5.32 Å². The molecule has 0 spiro atoms. The SMILES string of the molecule is C[C@@H]1CNCCN1C(=O)COC1CCOCC1.Cl. The van der Waals surface area contributed by atoms with Crippen molar-refractivity contribution < 1.29 is 14.3 Å². The van der Waals surface area contributed by atoms with Gasteiger partial charge in [0.15, 0.2) is 0 Å². The third-order valence-electron chi connectivity index (χ3n) is 3.43. The van der Waals surface area contributed by atoms with Crippen LogP contribution in [0.25, 0.3) is 0 Å². The molecule has 1 atom stereocenters.